The molecular formula is C19H28N2O4S. The number of fused-ring (bicyclic) bond motifs is 1. The number of sulfonamides is 1. The van der Waals surface area contributed by atoms with Gasteiger partial charge in [-0.05, 0) is 36.1 Å². The number of rotatable bonds is 4. The predicted molar refractivity (Wildman–Crippen MR) is 99.2 cm³/mol. The first-order valence-electron chi connectivity index (χ1n) is 9.25. The monoisotopic (exact) mass is 380 g/mol. The number of carbonyl (C=O) groups is 1. The molecule has 0 N–H and O–H groups in total. The van der Waals surface area contributed by atoms with Gasteiger partial charge >= 0.3 is 0 Å². The first-order valence-corrected chi connectivity index (χ1v) is 10.7. The second kappa shape index (κ2) is 7.29. The lowest BCUT2D eigenvalue weighted by Crippen LogP contribution is -2.43. The van der Waals surface area contributed by atoms with Gasteiger partial charge < -0.3 is 9.64 Å². The first kappa shape index (κ1) is 19.3. The van der Waals surface area contributed by atoms with E-state index in [-0.39, 0.29) is 11.3 Å². The minimum absolute atomic E-state index is 0.163. The van der Waals surface area contributed by atoms with E-state index < -0.39 is 10.0 Å². The molecule has 0 unspecified atom stereocenters. The molecule has 1 aromatic carbocycles. The quantitative estimate of drug-likeness (QED) is 0.802. The standard InChI is InChI=1S/C19H28N2O4S/c1-4-19(2,3)18(22)20-8-7-15-13-17(6-5-16(15)14-20)26(23,24)21-9-11-25-12-10-21/h5-6,13H,4,7-12,14H2,1-3H3. The maximum absolute atomic E-state index is 12.8. The predicted octanol–water partition coefficient (Wildman–Crippen LogP) is 2.03. The number of morpholine rings is 1. The van der Waals surface area contributed by atoms with Crippen LogP contribution in [0.1, 0.15) is 38.3 Å². The molecule has 0 aromatic heterocycles. The fraction of sp³-hybridized carbons (Fsp3) is 0.632. The first-order chi connectivity index (χ1) is 12.3. The summed E-state index contributed by atoms with van der Waals surface area (Å²) in [6.07, 6.45) is 1.49. The molecule has 0 atom stereocenters. The van der Waals surface area contributed by atoms with Gasteiger partial charge in [0.25, 0.3) is 0 Å². The largest absolute Gasteiger partial charge is 0.379 e. The van der Waals surface area contributed by atoms with Crippen molar-refractivity contribution < 1.29 is 17.9 Å². The average molecular weight is 381 g/mol. The number of nitrogens with zero attached hydrogens (tertiary/aromatic N) is 2. The highest BCUT2D eigenvalue weighted by molar-refractivity contribution is 7.89. The molecule has 0 radical (unpaired) electrons. The van der Waals surface area contributed by atoms with Gasteiger partial charge in [-0.2, -0.15) is 4.31 Å². The minimum atomic E-state index is -3.48. The molecule has 1 fully saturated rings. The molecule has 6 nitrogen and oxygen atoms in total. The van der Waals surface area contributed by atoms with E-state index in [0.717, 1.165) is 17.5 Å². The molecule has 144 valence electrons. The van der Waals surface area contributed by atoms with Crippen LogP contribution in [0.25, 0.3) is 0 Å². The molecule has 2 aliphatic heterocycles. The summed E-state index contributed by atoms with van der Waals surface area (Å²) in [4.78, 5) is 14.9. The topological polar surface area (TPSA) is 66.9 Å². The van der Waals surface area contributed by atoms with E-state index in [0.29, 0.717) is 50.7 Å². The number of hydrogen-bond acceptors (Lipinski definition) is 4. The third kappa shape index (κ3) is 3.66. The summed E-state index contributed by atoms with van der Waals surface area (Å²) in [5, 5.41) is 0. The number of benzene rings is 1. The smallest absolute Gasteiger partial charge is 0.243 e. The minimum Gasteiger partial charge on any atom is -0.379 e. The molecule has 0 aliphatic carbocycles. The Hall–Kier alpha value is -1.44. The van der Waals surface area contributed by atoms with Gasteiger partial charge in [0.1, 0.15) is 0 Å². The Kier molecular flexibility index (Phi) is 5.42. The van der Waals surface area contributed by atoms with Crippen molar-refractivity contribution in [3.05, 3.63) is 29.3 Å². The second-order valence-electron chi connectivity index (χ2n) is 7.66. The van der Waals surface area contributed by atoms with Gasteiger partial charge in [0, 0.05) is 31.6 Å². The molecule has 0 spiro atoms. The van der Waals surface area contributed by atoms with E-state index in [2.05, 4.69) is 0 Å². The summed E-state index contributed by atoms with van der Waals surface area (Å²) in [6.45, 7) is 8.83. The van der Waals surface area contributed by atoms with Crippen molar-refractivity contribution in [3.8, 4) is 0 Å². The van der Waals surface area contributed by atoms with E-state index in [1.165, 1.54) is 4.31 Å². The van der Waals surface area contributed by atoms with Gasteiger partial charge in [0.2, 0.25) is 15.9 Å². The van der Waals surface area contributed by atoms with Crippen LogP contribution >= 0.6 is 0 Å². The van der Waals surface area contributed by atoms with Gasteiger partial charge in [0.05, 0.1) is 18.1 Å². The highest BCUT2D eigenvalue weighted by Gasteiger charge is 2.33. The summed E-state index contributed by atoms with van der Waals surface area (Å²) in [5.41, 5.74) is 1.70. The van der Waals surface area contributed by atoms with Crippen molar-refractivity contribution in [2.24, 2.45) is 5.41 Å². The Morgan fingerprint density at radius 1 is 1.15 bits per heavy atom. The van der Waals surface area contributed by atoms with E-state index in [9.17, 15) is 13.2 Å². The van der Waals surface area contributed by atoms with Crippen LogP contribution in [-0.2, 0) is 32.5 Å². The Balaban J connectivity index is 1.80. The van der Waals surface area contributed by atoms with Crippen LogP contribution in [0.2, 0.25) is 0 Å². The van der Waals surface area contributed by atoms with E-state index >= 15 is 0 Å². The molecule has 3 rings (SSSR count). The second-order valence-corrected chi connectivity index (χ2v) is 9.60. The average Bonchev–Trinajstić information content (AvgIpc) is 2.67. The van der Waals surface area contributed by atoms with Crippen LogP contribution in [0.3, 0.4) is 0 Å². The molecule has 2 aliphatic rings. The van der Waals surface area contributed by atoms with Gasteiger partial charge in [-0.3, -0.25) is 4.79 Å². The van der Waals surface area contributed by atoms with Gasteiger partial charge in [-0.25, -0.2) is 8.42 Å². The molecule has 1 aromatic rings. The lowest BCUT2D eigenvalue weighted by molar-refractivity contribution is -0.141. The summed E-state index contributed by atoms with van der Waals surface area (Å²) in [5.74, 6) is 0.163. The van der Waals surface area contributed by atoms with Crippen molar-refractivity contribution in [3.63, 3.8) is 0 Å². The Bertz CT molecular complexity index is 783. The molecular weight excluding hydrogens is 352 g/mol. The number of carbonyl (C=O) groups excluding carboxylic acids is 1. The van der Waals surface area contributed by atoms with E-state index in [1.807, 2.05) is 31.7 Å². The van der Waals surface area contributed by atoms with Crippen molar-refractivity contribution in [2.45, 2.75) is 45.1 Å². The zero-order valence-corrected chi connectivity index (χ0v) is 16.6. The van der Waals surface area contributed by atoms with Crippen LogP contribution < -0.4 is 0 Å². The third-order valence-electron chi connectivity index (χ3n) is 5.55. The van der Waals surface area contributed by atoms with E-state index in [1.54, 1.807) is 12.1 Å². The molecule has 1 saturated heterocycles. The maximum Gasteiger partial charge on any atom is 0.243 e. The molecule has 26 heavy (non-hydrogen) atoms. The SMILES string of the molecule is CCC(C)(C)C(=O)N1CCc2cc(S(=O)(=O)N3CCOCC3)ccc2C1. The highest BCUT2D eigenvalue weighted by atomic mass is 32.2. The Morgan fingerprint density at radius 3 is 2.50 bits per heavy atom. The van der Waals surface area contributed by atoms with Crippen molar-refractivity contribution >= 4 is 15.9 Å². The molecule has 2 heterocycles. The summed E-state index contributed by atoms with van der Waals surface area (Å²) >= 11 is 0. The molecule has 1 amide bonds. The maximum atomic E-state index is 12.8. The normalized spacial score (nSPS) is 19.3. The third-order valence-corrected chi connectivity index (χ3v) is 7.44. The van der Waals surface area contributed by atoms with Gasteiger partial charge in [-0.15, -0.1) is 0 Å². The zero-order valence-electron chi connectivity index (χ0n) is 15.8. The van der Waals surface area contributed by atoms with Gasteiger partial charge in [0.15, 0.2) is 0 Å². The summed E-state index contributed by atoms with van der Waals surface area (Å²) in [7, 11) is -3.48. The fourth-order valence-corrected chi connectivity index (χ4v) is 4.84. The number of ether oxygens (including phenoxy) is 1. The molecule has 7 heteroatoms. The van der Waals surface area contributed by atoms with Crippen LogP contribution in [-0.4, -0.2) is 56.4 Å². The zero-order chi connectivity index (χ0) is 18.9. The number of amides is 1. The van der Waals surface area contributed by atoms with Crippen molar-refractivity contribution in [2.75, 3.05) is 32.8 Å². The summed E-state index contributed by atoms with van der Waals surface area (Å²) in [6, 6.07) is 5.32. The van der Waals surface area contributed by atoms with Crippen LogP contribution in [0, 0.1) is 5.41 Å². The Morgan fingerprint density at radius 2 is 1.85 bits per heavy atom. The summed E-state index contributed by atoms with van der Waals surface area (Å²) < 4.78 is 32.4. The molecule has 0 saturated carbocycles. The van der Waals surface area contributed by atoms with E-state index in [4.69, 9.17) is 4.74 Å². The van der Waals surface area contributed by atoms with Gasteiger partial charge in [-0.1, -0.05) is 26.8 Å². The lowest BCUT2D eigenvalue weighted by atomic mass is 9.87. The fourth-order valence-electron chi connectivity index (χ4n) is 3.38. The lowest BCUT2D eigenvalue weighted by Gasteiger charge is -2.35. The molecule has 0 bridgehead atoms. The Labute approximate surface area is 156 Å². The van der Waals surface area contributed by atoms with Crippen LogP contribution in [0.5, 0.6) is 0 Å². The van der Waals surface area contributed by atoms with Crippen LogP contribution in [0.4, 0.5) is 0 Å². The van der Waals surface area contributed by atoms with Crippen molar-refractivity contribution in [1.29, 1.82) is 0 Å². The highest BCUT2D eigenvalue weighted by Crippen LogP contribution is 2.29. The number of hydrogen-bond donors (Lipinski definition) is 0. The van der Waals surface area contributed by atoms with Crippen LogP contribution in [0.15, 0.2) is 23.1 Å². The van der Waals surface area contributed by atoms with Crippen molar-refractivity contribution in [1.82, 2.24) is 9.21 Å².